The van der Waals surface area contributed by atoms with Crippen LogP contribution in [0.15, 0.2) is 91.3 Å². The van der Waals surface area contributed by atoms with Gasteiger partial charge < -0.3 is 25.0 Å². The molecule has 1 unspecified atom stereocenters. The Morgan fingerprint density at radius 1 is 0.967 bits per heavy atom. The van der Waals surface area contributed by atoms with E-state index in [-0.39, 0.29) is 44.1 Å². The van der Waals surface area contributed by atoms with Crippen LogP contribution in [-0.4, -0.2) is 63.8 Å². The van der Waals surface area contributed by atoms with Crippen molar-refractivity contribution in [3.05, 3.63) is 135 Å². The molecule has 0 saturated carbocycles. The first kappa shape index (κ1) is 42.4. The Balaban J connectivity index is 1.08. The highest BCUT2D eigenvalue weighted by Crippen LogP contribution is 2.39. The number of carbonyl (C=O) groups is 2. The molecule has 4 aromatic carbocycles. The Labute approximate surface area is 355 Å². The minimum atomic E-state index is -1.39. The lowest BCUT2D eigenvalue weighted by Crippen LogP contribution is -2.49. The molecule has 0 radical (unpaired) electrons. The van der Waals surface area contributed by atoms with Gasteiger partial charge >= 0.3 is 5.97 Å². The van der Waals surface area contributed by atoms with Gasteiger partial charge in [0, 0.05) is 74.2 Å². The number of carboxylic acid groups (broad SMARTS) is 1. The molecule has 4 N–H and O–H groups in total. The minimum absolute atomic E-state index is 0.000543. The number of nitriles is 1. The second-order valence-corrected chi connectivity index (χ2v) is 16.7. The first-order valence-corrected chi connectivity index (χ1v) is 20.6. The van der Waals surface area contributed by atoms with Crippen molar-refractivity contribution in [3.63, 3.8) is 0 Å². The van der Waals surface area contributed by atoms with Gasteiger partial charge in [-0.3, -0.25) is 24.8 Å². The Kier molecular flexibility index (Phi) is 12.9. The summed E-state index contributed by atoms with van der Waals surface area (Å²) in [6, 6.07) is 28.6. The molecule has 2 atom stereocenters. The van der Waals surface area contributed by atoms with E-state index in [4.69, 9.17) is 21.1 Å². The number of nitrogens with one attached hydrogen (secondary N) is 2. The highest BCUT2D eigenvalue weighted by Gasteiger charge is 2.43. The summed E-state index contributed by atoms with van der Waals surface area (Å²) in [5, 5.41) is 35.1. The highest BCUT2D eigenvalue weighted by molar-refractivity contribution is 6.32. The first-order valence-electron chi connectivity index (χ1n) is 20.2. The smallest absolute Gasteiger partial charge is 0.323 e. The van der Waals surface area contributed by atoms with Gasteiger partial charge in [0.1, 0.15) is 36.3 Å². The highest BCUT2D eigenvalue weighted by atomic mass is 35.5. The molecule has 3 heterocycles. The van der Waals surface area contributed by atoms with Gasteiger partial charge in [-0.15, -0.1) is 0 Å². The summed E-state index contributed by atoms with van der Waals surface area (Å²) in [6.07, 6.45) is 4.78. The van der Waals surface area contributed by atoms with E-state index in [0.717, 1.165) is 60.4 Å². The van der Waals surface area contributed by atoms with Crippen LogP contribution >= 0.6 is 11.6 Å². The molecule has 0 bridgehead atoms. The summed E-state index contributed by atoms with van der Waals surface area (Å²) >= 11 is 6.82. The Bertz CT molecular complexity index is 2430. The predicted molar refractivity (Wildman–Crippen MR) is 230 cm³/mol. The zero-order chi connectivity index (χ0) is 42.4. The van der Waals surface area contributed by atoms with Crippen molar-refractivity contribution in [1.29, 1.82) is 5.26 Å². The van der Waals surface area contributed by atoms with Gasteiger partial charge in [0.2, 0.25) is 5.91 Å². The van der Waals surface area contributed by atoms with Crippen molar-refractivity contribution >= 4 is 23.5 Å². The second kappa shape index (κ2) is 18.2. The number of aliphatic carboxylic acids is 1. The van der Waals surface area contributed by atoms with Crippen LogP contribution in [0.2, 0.25) is 5.02 Å². The van der Waals surface area contributed by atoms with Crippen LogP contribution in [0.5, 0.6) is 11.5 Å². The topological polar surface area (TPSA) is 157 Å². The van der Waals surface area contributed by atoms with Crippen molar-refractivity contribution < 1.29 is 29.3 Å². The number of nitrogens with zero attached hydrogens (tertiary/aromatic N) is 3. The Hall–Kier alpha value is -5.77. The molecule has 60 heavy (non-hydrogen) atoms. The number of amides is 1. The zero-order valence-electron chi connectivity index (χ0n) is 34.2. The van der Waals surface area contributed by atoms with Crippen LogP contribution in [-0.2, 0) is 35.9 Å². The number of halogens is 1. The Morgan fingerprint density at radius 3 is 2.42 bits per heavy atom. The number of pyridine rings is 1. The van der Waals surface area contributed by atoms with Gasteiger partial charge in [-0.2, -0.15) is 5.26 Å². The third-order valence-corrected chi connectivity index (χ3v) is 12.3. The molecule has 2 fully saturated rings. The lowest BCUT2D eigenvalue weighted by atomic mass is 9.86. The quantitative estimate of drug-likeness (QED) is 0.0776. The molecule has 310 valence electrons. The summed E-state index contributed by atoms with van der Waals surface area (Å²) in [5.74, 6) is -0.123. The lowest BCUT2D eigenvalue weighted by molar-refractivity contribution is -0.145. The summed E-state index contributed by atoms with van der Waals surface area (Å²) in [5.41, 5.74) is 9.41. The third-order valence-electron chi connectivity index (χ3n) is 12.0. The number of carboxylic acids is 1. The van der Waals surface area contributed by atoms with Crippen LogP contribution in [0, 0.1) is 30.6 Å². The number of aliphatic hydroxyl groups is 1. The summed E-state index contributed by atoms with van der Waals surface area (Å²) in [6.45, 7) is 9.48. The van der Waals surface area contributed by atoms with Gasteiger partial charge in [0.25, 0.3) is 0 Å². The molecule has 12 heteroatoms. The average molecular weight is 828 g/mol. The number of aliphatic hydroxyl groups excluding tert-OH is 1. The van der Waals surface area contributed by atoms with Gasteiger partial charge in [0.15, 0.2) is 0 Å². The fourth-order valence-corrected chi connectivity index (χ4v) is 8.55. The van der Waals surface area contributed by atoms with Crippen molar-refractivity contribution in [2.75, 3.05) is 26.2 Å². The molecule has 2 saturated heterocycles. The minimum Gasteiger partial charge on any atom is -0.488 e. The maximum atomic E-state index is 12.1. The Morgan fingerprint density at radius 2 is 1.70 bits per heavy atom. The zero-order valence-corrected chi connectivity index (χ0v) is 34.9. The molecule has 7 rings (SSSR count). The number of likely N-dealkylation sites (tertiary alicyclic amines) is 1. The van der Waals surface area contributed by atoms with Crippen molar-refractivity contribution in [1.82, 2.24) is 20.5 Å². The number of ether oxygens (including phenoxy) is 2. The van der Waals surface area contributed by atoms with E-state index < -0.39 is 11.5 Å². The van der Waals surface area contributed by atoms with E-state index in [1.165, 1.54) is 29.8 Å². The van der Waals surface area contributed by atoms with Crippen LogP contribution < -0.4 is 20.1 Å². The van der Waals surface area contributed by atoms with Crippen LogP contribution in [0.25, 0.3) is 22.3 Å². The maximum Gasteiger partial charge on any atom is 0.323 e. The van der Waals surface area contributed by atoms with E-state index in [2.05, 4.69) is 89.0 Å². The van der Waals surface area contributed by atoms with Crippen LogP contribution in [0.4, 0.5) is 0 Å². The van der Waals surface area contributed by atoms with Gasteiger partial charge in [-0.1, -0.05) is 72.3 Å². The molecule has 2 aliphatic rings. The number of hydrogen-bond acceptors (Lipinski definition) is 9. The van der Waals surface area contributed by atoms with Gasteiger partial charge in [-0.05, 0) is 96.8 Å². The van der Waals surface area contributed by atoms with Crippen LogP contribution in [0.1, 0.15) is 65.1 Å². The molecule has 1 spiro atoms. The molecule has 1 aromatic heterocycles. The molecule has 1 amide bonds. The van der Waals surface area contributed by atoms with Crippen molar-refractivity contribution in [3.8, 4) is 39.8 Å². The standard InChI is InChI=1S/C48H50ClN5O6/c1-31-37(28-60-44-20-43(59-27-35-18-34(22-50)23-51-24-35)38(19-42(44)49)25-53-47(3,15-17-55)46(57)58)6-4-8-40(31)41-9-5-7-39(32(41)2)36-12-10-33(11-13-36)26-54-16-14-48(30-54)21-45(56)52-29-48/h4-13,18-20,23-24,53,55H,14-17,21,25-30H2,1-3H3,(H,52,56)(H,57,58)/t47-,48?/m0/s1. The SMILES string of the molecule is Cc1c(COc2cc(OCc3cncc(C#N)c3)c(CN[C@@](C)(CCO)C(=O)O)cc2Cl)cccc1-c1cccc(-c2ccc(CN3CCC4(CNC(=O)C4)C3)cc2)c1C. The number of benzene rings is 4. The molecule has 2 aliphatic heterocycles. The number of aromatic nitrogens is 1. The fraction of sp³-hybridized carbons (Fsp3) is 0.333. The second-order valence-electron chi connectivity index (χ2n) is 16.3. The average Bonchev–Trinajstić information content (AvgIpc) is 3.82. The van der Waals surface area contributed by atoms with Gasteiger partial charge in [0.05, 0.1) is 10.6 Å². The normalized spacial score (nSPS) is 17.3. The fourth-order valence-electron chi connectivity index (χ4n) is 8.31. The molecule has 11 nitrogen and oxygen atoms in total. The summed E-state index contributed by atoms with van der Waals surface area (Å²) in [4.78, 5) is 30.6. The van der Waals surface area contributed by atoms with E-state index >= 15 is 0 Å². The molecular weight excluding hydrogens is 778 g/mol. The molecule has 5 aromatic rings. The van der Waals surface area contributed by atoms with Crippen molar-refractivity contribution in [2.45, 2.75) is 71.9 Å². The van der Waals surface area contributed by atoms with E-state index in [1.807, 2.05) is 12.1 Å². The van der Waals surface area contributed by atoms with Crippen LogP contribution in [0.3, 0.4) is 0 Å². The van der Waals surface area contributed by atoms with E-state index in [0.29, 0.717) is 39.6 Å². The molecule has 0 aliphatic carbocycles. The number of rotatable bonds is 16. The number of hydrogen-bond donors (Lipinski definition) is 4. The lowest BCUT2D eigenvalue weighted by Gasteiger charge is -2.26. The third kappa shape index (κ3) is 9.48. The molecular formula is C48H50ClN5O6. The van der Waals surface area contributed by atoms with E-state index in [1.54, 1.807) is 24.4 Å². The largest absolute Gasteiger partial charge is 0.488 e. The van der Waals surface area contributed by atoms with Crippen molar-refractivity contribution in [2.24, 2.45) is 5.41 Å². The monoisotopic (exact) mass is 827 g/mol. The van der Waals surface area contributed by atoms with E-state index in [9.17, 15) is 25.1 Å². The summed E-state index contributed by atoms with van der Waals surface area (Å²) < 4.78 is 12.6. The van der Waals surface area contributed by atoms with Gasteiger partial charge in [-0.25, -0.2) is 0 Å². The number of carbonyl (C=O) groups excluding carboxylic acids is 1. The predicted octanol–water partition coefficient (Wildman–Crippen LogP) is 7.74. The first-order chi connectivity index (χ1) is 28.9. The maximum absolute atomic E-state index is 12.1. The summed E-state index contributed by atoms with van der Waals surface area (Å²) in [7, 11) is 0.